The van der Waals surface area contributed by atoms with Crippen molar-refractivity contribution >= 4 is 16.4 Å². The lowest BCUT2D eigenvalue weighted by Gasteiger charge is -2.71. The van der Waals surface area contributed by atoms with Gasteiger partial charge in [0.15, 0.2) is 18.9 Å². The third-order valence-corrected chi connectivity index (χ3v) is 22.1. The number of carbonyl (C=O) groups is 1. The van der Waals surface area contributed by atoms with E-state index in [1.165, 1.54) is 0 Å². The molecule has 8 fully saturated rings. The number of fused-ring (bicyclic) bond motifs is 7. The van der Waals surface area contributed by atoms with Crippen molar-refractivity contribution in [2.24, 2.45) is 50.2 Å². The molecule has 29 atom stereocenters. The van der Waals surface area contributed by atoms with Crippen LogP contribution in [-0.2, 0) is 57.3 Å². The Labute approximate surface area is 475 Å². The summed E-state index contributed by atoms with van der Waals surface area (Å²) >= 11 is 0. The van der Waals surface area contributed by atoms with E-state index in [1.54, 1.807) is 0 Å². The van der Waals surface area contributed by atoms with Crippen molar-refractivity contribution in [1.29, 1.82) is 0 Å². The molecule has 4 saturated heterocycles. The molecule has 9 rings (SSSR count). The predicted molar refractivity (Wildman–Crippen MR) is 273 cm³/mol. The van der Waals surface area contributed by atoms with Gasteiger partial charge < -0.3 is 114 Å². The van der Waals surface area contributed by atoms with Gasteiger partial charge in [0.05, 0.1) is 38.6 Å². The van der Waals surface area contributed by atoms with Crippen LogP contribution in [-0.4, -0.2) is 252 Å². The average Bonchev–Trinajstić information content (AvgIpc) is 0.731. The molecule has 0 aromatic carbocycles. The highest BCUT2D eigenvalue weighted by molar-refractivity contribution is 7.80. The van der Waals surface area contributed by atoms with E-state index in [0.29, 0.717) is 44.9 Å². The number of hydrogen-bond donors (Lipinski definition) is 14. The van der Waals surface area contributed by atoms with Gasteiger partial charge in [0.1, 0.15) is 103 Å². The molecule has 27 nitrogen and oxygen atoms in total. The van der Waals surface area contributed by atoms with E-state index in [9.17, 15) is 84.5 Å². The Hall–Kier alpha value is -1.76. The molecular weight excluding hydrogens is 1110 g/mol. The topological polar surface area (TPSA) is 441 Å². The quantitative estimate of drug-likeness (QED) is 0.0346. The summed E-state index contributed by atoms with van der Waals surface area (Å²) in [5, 5.41) is 152. The summed E-state index contributed by atoms with van der Waals surface area (Å²) in [6.07, 6.45) is -32.6. The third kappa shape index (κ3) is 11.0. The third-order valence-electron chi connectivity index (χ3n) is 21.6. The number of ether oxygens (including phenoxy) is 8. The second-order valence-corrected chi connectivity index (χ2v) is 27.9. The van der Waals surface area contributed by atoms with Gasteiger partial charge in [0, 0.05) is 0 Å². The zero-order chi connectivity index (χ0) is 60.4. The molecule has 4 heterocycles. The fraction of sp³-hybridized carbons (Fsp3) is 0.944. The number of aliphatic hydroxyl groups is 14. The minimum absolute atomic E-state index is 0.00403. The van der Waals surface area contributed by atoms with Gasteiger partial charge in [-0.25, -0.2) is 8.42 Å². The molecule has 28 heteroatoms. The molecule has 0 unspecified atom stereocenters. The molecule has 472 valence electrons. The van der Waals surface area contributed by atoms with Crippen molar-refractivity contribution in [2.45, 2.75) is 241 Å². The maximum atomic E-state index is 15.2. The van der Waals surface area contributed by atoms with E-state index in [2.05, 4.69) is 40.7 Å². The van der Waals surface area contributed by atoms with Crippen molar-refractivity contribution in [3.63, 3.8) is 0 Å². The lowest BCUT2D eigenvalue weighted by Crippen LogP contribution is -2.68. The summed E-state index contributed by atoms with van der Waals surface area (Å²) in [5.41, 5.74) is -2.92. The number of carbonyl (C=O) groups excluding carboxylic acids is 1. The maximum absolute atomic E-state index is 15.2. The fourth-order valence-electron chi connectivity index (χ4n) is 16.6. The van der Waals surface area contributed by atoms with Gasteiger partial charge in [-0.2, -0.15) is 0 Å². The normalized spacial score (nSPS) is 52.0. The van der Waals surface area contributed by atoms with E-state index in [1.807, 2.05) is 13.8 Å². The number of esters is 1. The van der Waals surface area contributed by atoms with E-state index < -0.39 is 205 Å². The van der Waals surface area contributed by atoms with Crippen molar-refractivity contribution in [2.75, 3.05) is 26.4 Å². The molecule has 0 radical (unpaired) electrons. The highest BCUT2D eigenvalue weighted by Crippen LogP contribution is 2.76. The van der Waals surface area contributed by atoms with Gasteiger partial charge in [0.2, 0.25) is 16.7 Å². The van der Waals surface area contributed by atoms with Gasteiger partial charge in [-0.05, 0) is 103 Å². The van der Waals surface area contributed by atoms with Crippen LogP contribution in [0.15, 0.2) is 11.6 Å². The first-order valence-corrected chi connectivity index (χ1v) is 29.9. The molecule has 4 saturated carbocycles. The summed E-state index contributed by atoms with van der Waals surface area (Å²) in [4.78, 5) is 15.2. The molecule has 5 aliphatic carbocycles. The molecule has 0 amide bonds. The SMILES string of the molecule is CC1(C)CC[C@]2(C(=O)O[C@@H]3O[C@H](CO[C@@H]4O[C@H](CO)[C@@H](O)[C@H](O)[C@H]4O[C@@H]4O[C@H](CO[C@@H]5O[C@H](CO)[C@@H](O)[C@H](O)[C@H]5O)[C@@H](O)[C@H](O)[C@H]4O)[C@@H](O)[C@H](O)[C@H]3O)[C@H](O)C[C@]3(C)C(=CC[C@@H]4[C@@]5(C)CC[C@H](OS(=O)(=O)[O-])C(C)(C)[C@@H]5CC[C@]43C)[C@@H]2C1. The Bertz CT molecular complexity index is 2410. The van der Waals surface area contributed by atoms with Crippen LogP contribution in [0.3, 0.4) is 0 Å². The van der Waals surface area contributed by atoms with E-state index >= 15 is 4.79 Å². The molecule has 9 aliphatic rings. The van der Waals surface area contributed by atoms with Crippen LogP contribution >= 0.6 is 0 Å². The van der Waals surface area contributed by atoms with E-state index in [0.717, 1.165) is 5.57 Å². The standard InChI is InChI=1S/C54H88O27S/c1-49(2)14-15-54(23(16-49)22-8-9-29-51(5)12-11-31(81-82(70,71)72)50(3,4)28(51)10-13-52(29,6)53(22,7)17-30(54)57)48(69)80-46-42(68)38(64)35(61)27(78-46)21-74-47-43(39(65)33(59)25(19-56)76-47)79-45-41(67)37(63)34(60)26(77-45)20-73-44-40(66)36(62)32(58)24(18-55)75-44/h8,23-47,55-68H,9-21H2,1-7H3,(H,70,71,72)/p-1/t23-,24+,25+,26+,27+,28-,29+,30+,31-,32+,33+,34+,35+,36-,37-,38-,39-,40+,41+,42+,43+,44+,45-,46-,47+,51-,52+,53+,54+/m0/s1. The van der Waals surface area contributed by atoms with Crippen molar-refractivity contribution < 1.29 is 131 Å². The lowest BCUT2D eigenvalue weighted by molar-refractivity contribution is -0.376. The van der Waals surface area contributed by atoms with Gasteiger partial charge in [0.25, 0.3) is 0 Å². The summed E-state index contributed by atoms with van der Waals surface area (Å²) < 4.78 is 86.9. The first-order valence-electron chi connectivity index (χ1n) is 28.6. The van der Waals surface area contributed by atoms with Crippen molar-refractivity contribution in [3.8, 4) is 0 Å². The molecule has 82 heavy (non-hydrogen) atoms. The highest BCUT2D eigenvalue weighted by atomic mass is 32.3. The molecule has 0 spiro atoms. The summed E-state index contributed by atoms with van der Waals surface area (Å²) in [7, 11) is -4.96. The average molecular weight is 1200 g/mol. The minimum atomic E-state index is -4.96. The van der Waals surface area contributed by atoms with Crippen LogP contribution in [0, 0.1) is 50.2 Å². The van der Waals surface area contributed by atoms with Crippen LogP contribution in [0.5, 0.6) is 0 Å². The Kier molecular flexibility index (Phi) is 18.4. The monoisotopic (exact) mass is 1200 g/mol. The van der Waals surface area contributed by atoms with Gasteiger partial charge in [-0.1, -0.05) is 60.1 Å². The highest BCUT2D eigenvalue weighted by Gasteiger charge is 2.72. The zero-order valence-corrected chi connectivity index (χ0v) is 48.0. The van der Waals surface area contributed by atoms with Crippen LogP contribution < -0.4 is 0 Å². The number of rotatable bonds is 14. The van der Waals surface area contributed by atoms with Crippen molar-refractivity contribution in [1.82, 2.24) is 0 Å². The Morgan fingerprint density at radius 1 is 0.598 bits per heavy atom. The van der Waals surface area contributed by atoms with Crippen LogP contribution in [0.2, 0.25) is 0 Å². The summed E-state index contributed by atoms with van der Waals surface area (Å²) in [5.74, 6) is -1.42. The van der Waals surface area contributed by atoms with Gasteiger partial charge in [-0.3, -0.25) is 8.98 Å². The number of aliphatic hydroxyl groups excluding tert-OH is 14. The first kappa shape index (κ1) is 64.7. The second-order valence-electron chi connectivity index (χ2n) is 26.9. The summed E-state index contributed by atoms with van der Waals surface area (Å²) in [6.45, 7) is 11.5. The molecule has 0 aromatic heterocycles. The summed E-state index contributed by atoms with van der Waals surface area (Å²) in [6, 6.07) is 0. The minimum Gasteiger partial charge on any atom is -0.726 e. The Balaban J connectivity index is 0.916. The Morgan fingerprint density at radius 2 is 1.11 bits per heavy atom. The molecular formula is C54H87O27S-. The smallest absolute Gasteiger partial charge is 0.317 e. The molecule has 14 N–H and O–H groups in total. The van der Waals surface area contributed by atoms with Crippen LogP contribution in [0.25, 0.3) is 0 Å². The zero-order valence-electron chi connectivity index (χ0n) is 47.2. The number of hydrogen-bond acceptors (Lipinski definition) is 27. The molecule has 0 aromatic rings. The number of allylic oxidation sites excluding steroid dienone is 2. The second kappa shape index (κ2) is 23.3. The maximum Gasteiger partial charge on any atom is 0.317 e. The van der Waals surface area contributed by atoms with Crippen molar-refractivity contribution in [3.05, 3.63) is 11.6 Å². The predicted octanol–water partition coefficient (Wildman–Crippen LogP) is -3.58. The Morgan fingerprint density at radius 3 is 1.70 bits per heavy atom. The first-order chi connectivity index (χ1) is 38.1. The van der Waals surface area contributed by atoms with E-state index in [4.69, 9.17) is 42.1 Å². The van der Waals surface area contributed by atoms with Crippen LogP contribution in [0.4, 0.5) is 0 Å². The van der Waals surface area contributed by atoms with E-state index in [-0.39, 0.29) is 35.5 Å². The van der Waals surface area contributed by atoms with Crippen LogP contribution in [0.1, 0.15) is 106 Å². The molecule has 0 bridgehead atoms. The largest absolute Gasteiger partial charge is 0.726 e. The lowest BCUT2D eigenvalue weighted by atomic mass is 9.33. The van der Waals surface area contributed by atoms with Gasteiger partial charge >= 0.3 is 5.97 Å². The fourth-order valence-corrected chi connectivity index (χ4v) is 17.2. The van der Waals surface area contributed by atoms with Gasteiger partial charge in [-0.15, -0.1) is 0 Å². The molecule has 4 aliphatic heterocycles.